The highest BCUT2D eigenvalue weighted by Gasteiger charge is 2.33. The number of benzene rings is 2. The van der Waals surface area contributed by atoms with Crippen LogP contribution in [0, 0.1) is 17.8 Å². The average Bonchev–Trinajstić information content (AvgIpc) is 3.59. The molecule has 10 nitrogen and oxygen atoms in total. The molecule has 0 unspecified atom stereocenters. The smallest absolute Gasteiger partial charge is 0.408 e. The number of nitrogens with zero attached hydrogens (tertiary/aromatic N) is 1. The van der Waals surface area contributed by atoms with Crippen molar-refractivity contribution in [2.24, 2.45) is 17.8 Å². The molecule has 5 N–H and O–H groups in total. The number of H-pyrrole nitrogens is 1. The van der Waals surface area contributed by atoms with Crippen LogP contribution in [0.5, 0.6) is 0 Å². The van der Waals surface area contributed by atoms with Crippen LogP contribution in [0.25, 0.3) is 10.8 Å². The van der Waals surface area contributed by atoms with Gasteiger partial charge in [-0.15, -0.1) is 6.58 Å². The minimum absolute atomic E-state index is 0.0880. The molecule has 0 bridgehead atoms. The summed E-state index contributed by atoms with van der Waals surface area (Å²) in [5.74, 6) is -0.163. The summed E-state index contributed by atoms with van der Waals surface area (Å²) in [7, 11) is 0. The molecule has 0 radical (unpaired) electrons. The van der Waals surface area contributed by atoms with Gasteiger partial charge >= 0.3 is 6.09 Å². The first-order chi connectivity index (χ1) is 23.8. The van der Waals surface area contributed by atoms with Crippen molar-refractivity contribution in [1.82, 2.24) is 25.9 Å². The normalized spacial score (nSPS) is 16.9. The zero-order valence-electron chi connectivity index (χ0n) is 30.4. The summed E-state index contributed by atoms with van der Waals surface area (Å²) in [4.78, 5) is 48.6. The second kappa shape index (κ2) is 18.2. The first-order valence-electron chi connectivity index (χ1n) is 18.2. The third-order valence-electron chi connectivity index (χ3n) is 9.70. The molecule has 0 saturated heterocycles. The molecular weight excluding hydrogens is 630 g/mol. The van der Waals surface area contributed by atoms with Gasteiger partial charge in [0.15, 0.2) is 0 Å². The minimum Gasteiger partial charge on any atom is -0.444 e. The number of alkyl carbamates (subject to hydrolysis) is 1. The highest BCUT2D eigenvalue weighted by Crippen LogP contribution is 2.30. The van der Waals surface area contributed by atoms with Gasteiger partial charge in [0.25, 0.3) is 0 Å². The van der Waals surface area contributed by atoms with E-state index in [-0.39, 0.29) is 24.7 Å². The number of hydrogen-bond donors (Lipinski definition) is 5. The van der Waals surface area contributed by atoms with Crippen molar-refractivity contribution in [2.45, 2.75) is 122 Å². The van der Waals surface area contributed by atoms with E-state index in [4.69, 9.17) is 4.74 Å². The standard InChI is InChI=1S/C40H57N5O5/c1-7-28(26(2)3)22-36(46)33(20-27-14-9-8-10-15-27)43-38(48)35(23-31-24-41-25-42-31)44-37(47)34(45-39(49)50-40(4,5)6)21-30-18-13-17-29-16-11-12-19-32(29)30/h7,11-13,16-19,24-28,33-36,46H,1,8-10,14-15,20-23H2,2-6H3,(H,41,42)(H,43,48)(H,44,47)(H,45,49)/t28-,33-,34-,35-,36-/m0/s1. The van der Waals surface area contributed by atoms with Crippen molar-refractivity contribution in [3.63, 3.8) is 0 Å². The van der Waals surface area contributed by atoms with E-state index in [1.165, 1.54) is 12.7 Å². The Kier molecular flexibility index (Phi) is 14.0. The van der Waals surface area contributed by atoms with Crippen molar-refractivity contribution in [3.05, 3.63) is 78.9 Å². The number of aliphatic hydroxyl groups excluding tert-OH is 1. The summed E-state index contributed by atoms with van der Waals surface area (Å²) in [6, 6.07) is 11.1. The molecule has 0 spiro atoms. The number of carbonyl (C=O) groups is 3. The van der Waals surface area contributed by atoms with Gasteiger partial charge in [-0.05, 0) is 67.7 Å². The lowest BCUT2D eigenvalue weighted by Gasteiger charge is -2.33. The maximum absolute atomic E-state index is 14.2. The fraction of sp³-hybridized carbons (Fsp3) is 0.550. The zero-order valence-corrected chi connectivity index (χ0v) is 30.4. The third-order valence-corrected chi connectivity index (χ3v) is 9.70. The van der Waals surface area contributed by atoms with Gasteiger partial charge in [0.05, 0.1) is 18.5 Å². The molecule has 50 heavy (non-hydrogen) atoms. The van der Waals surface area contributed by atoms with Crippen LogP contribution >= 0.6 is 0 Å². The van der Waals surface area contributed by atoms with E-state index in [1.807, 2.05) is 48.5 Å². The van der Waals surface area contributed by atoms with Crippen LogP contribution in [-0.4, -0.2) is 62.8 Å². The van der Waals surface area contributed by atoms with E-state index in [0.717, 1.165) is 42.0 Å². The number of carbonyl (C=O) groups excluding carboxylic acids is 3. The van der Waals surface area contributed by atoms with Crippen molar-refractivity contribution >= 4 is 28.7 Å². The molecule has 272 valence electrons. The molecule has 1 saturated carbocycles. The Hall–Kier alpha value is -4.18. The lowest BCUT2D eigenvalue weighted by molar-refractivity contribution is -0.131. The van der Waals surface area contributed by atoms with Gasteiger partial charge in [0.1, 0.15) is 17.7 Å². The van der Waals surface area contributed by atoms with Crippen LogP contribution in [0.1, 0.15) is 90.8 Å². The maximum Gasteiger partial charge on any atom is 0.408 e. The predicted octanol–water partition coefficient (Wildman–Crippen LogP) is 6.39. The van der Waals surface area contributed by atoms with Crippen molar-refractivity contribution < 1.29 is 24.2 Å². The molecular formula is C40H57N5O5. The van der Waals surface area contributed by atoms with Crippen molar-refractivity contribution in [2.75, 3.05) is 0 Å². The Labute approximate surface area is 297 Å². The van der Waals surface area contributed by atoms with E-state index in [1.54, 1.807) is 27.0 Å². The molecule has 0 aliphatic heterocycles. The summed E-state index contributed by atoms with van der Waals surface area (Å²) >= 11 is 0. The molecule has 4 rings (SSSR count). The first-order valence-corrected chi connectivity index (χ1v) is 18.2. The molecule has 1 fully saturated rings. The topological polar surface area (TPSA) is 145 Å². The summed E-state index contributed by atoms with van der Waals surface area (Å²) in [6.45, 7) is 13.5. The number of rotatable bonds is 16. The number of amides is 3. The van der Waals surface area contributed by atoms with Gasteiger partial charge in [-0.3, -0.25) is 9.59 Å². The number of fused-ring (bicyclic) bond motifs is 1. The minimum atomic E-state index is -1.05. The lowest BCUT2D eigenvalue weighted by Crippen LogP contribution is -2.57. The van der Waals surface area contributed by atoms with Gasteiger partial charge in [0.2, 0.25) is 11.8 Å². The number of hydrogen-bond acceptors (Lipinski definition) is 6. The number of imidazole rings is 1. The Balaban J connectivity index is 1.60. The predicted molar refractivity (Wildman–Crippen MR) is 197 cm³/mol. The van der Waals surface area contributed by atoms with Gasteiger partial charge in [0, 0.05) is 24.7 Å². The maximum atomic E-state index is 14.2. The Morgan fingerprint density at radius 3 is 2.32 bits per heavy atom. The van der Waals surface area contributed by atoms with E-state index in [0.29, 0.717) is 24.5 Å². The lowest BCUT2D eigenvalue weighted by atomic mass is 9.81. The first kappa shape index (κ1) is 38.6. The fourth-order valence-electron chi connectivity index (χ4n) is 6.91. The molecule has 3 amide bonds. The number of allylic oxidation sites excluding steroid dienone is 1. The molecule has 1 heterocycles. The number of aromatic amines is 1. The second-order valence-electron chi connectivity index (χ2n) is 15.2. The van der Waals surface area contributed by atoms with Crippen LogP contribution < -0.4 is 16.0 Å². The van der Waals surface area contributed by atoms with E-state index in [2.05, 4.69) is 46.3 Å². The van der Waals surface area contributed by atoms with Crippen LogP contribution in [0.3, 0.4) is 0 Å². The van der Waals surface area contributed by atoms with E-state index in [9.17, 15) is 19.5 Å². The zero-order chi connectivity index (χ0) is 36.3. The molecule has 2 aromatic carbocycles. The molecule has 10 heteroatoms. The fourth-order valence-corrected chi connectivity index (χ4v) is 6.91. The molecule has 1 aliphatic carbocycles. The van der Waals surface area contributed by atoms with Gasteiger partial charge in [-0.2, -0.15) is 0 Å². The quantitative estimate of drug-likeness (QED) is 0.110. The molecule has 1 aliphatic rings. The largest absolute Gasteiger partial charge is 0.444 e. The van der Waals surface area contributed by atoms with E-state index < -0.39 is 47.7 Å². The van der Waals surface area contributed by atoms with Gasteiger partial charge < -0.3 is 30.8 Å². The second-order valence-corrected chi connectivity index (χ2v) is 15.2. The Bertz CT molecular complexity index is 1540. The number of aliphatic hydroxyl groups is 1. The van der Waals surface area contributed by atoms with Crippen LogP contribution in [-0.2, 0) is 27.2 Å². The summed E-state index contributed by atoms with van der Waals surface area (Å²) in [5, 5.41) is 22.4. The molecule has 3 aromatic rings. The number of ether oxygens (including phenoxy) is 1. The molecule has 1 aromatic heterocycles. The Morgan fingerprint density at radius 1 is 0.980 bits per heavy atom. The Morgan fingerprint density at radius 2 is 1.66 bits per heavy atom. The number of nitrogens with one attached hydrogen (secondary N) is 4. The third kappa shape index (κ3) is 11.7. The van der Waals surface area contributed by atoms with Gasteiger partial charge in [-0.1, -0.05) is 94.5 Å². The van der Waals surface area contributed by atoms with Crippen LogP contribution in [0.4, 0.5) is 4.79 Å². The van der Waals surface area contributed by atoms with Crippen molar-refractivity contribution in [3.8, 4) is 0 Å². The molecule has 5 atom stereocenters. The van der Waals surface area contributed by atoms with Gasteiger partial charge in [-0.25, -0.2) is 9.78 Å². The van der Waals surface area contributed by atoms with Crippen molar-refractivity contribution in [1.29, 1.82) is 0 Å². The summed E-state index contributed by atoms with van der Waals surface area (Å²) in [5.41, 5.74) is 0.751. The summed E-state index contributed by atoms with van der Waals surface area (Å²) in [6.07, 6.45) is 10.6. The van der Waals surface area contributed by atoms with Crippen LogP contribution in [0.2, 0.25) is 0 Å². The monoisotopic (exact) mass is 687 g/mol. The highest BCUT2D eigenvalue weighted by atomic mass is 16.6. The number of aromatic nitrogens is 2. The van der Waals surface area contributed by atoms with E-state index >= 15 is 0 Å². The average molecular weight is 688 g/mol. The SMILES string of the molecule is C=C[C@@H](C[C@H](O)[C@H](CC1CCCCC1)NC(=O)[C@H](Cc1cnc[nH]1)NC(=O)[C@H](Cc1cccc2ccccc12)NC(=O)OC(C)(C)C)C(C)C. The van der Waals surface area contributed by atoms with Crippen LogP contribution in [0.15, 0.2) is 67.6 Å². The summed E-state index contributed by atoms with van der Waals surface area (Å²) < 4.78 is 5.53. The highest BCUT2D eigenvalue weighted by molar-refractivity contribution is 5.93.